The van der Waals surface area contributed by atoms with Gasteiger partial charge in [0.25, 0.3) is 0 Å². The van der Waals surface area contributed by atoms with Crippen LogP contribution in [0.1, 0.15) is 24.0 Å². The lowest BCUT2D eigenvalue weighted by atomic mass is 9.69. The molecule has 0 fully saturated rings. The summed E-state index contributed by atoms with van der Waals surface area (Å²) < 4.78 is 11.9. The predicted molar refractivity (Wildman–Crippen MR) is 102 cm³/mol. The molecule has 1 aromatic heterocycles. The van der Waals surface area contributed by atoms with Gasteiger partial charge in [0.2, 0.25) is 5.28 Å². The average Bonchev–Trinajstić information content (AvgIpc) is 2.89. The minimum Gasteiger partial charge on any atom is -0.493 e. The number of methoxy groups -OCH3 is 1. The van der Waals surface area contributed by atoms with Crippen molar-refractivity contribution in [3.8, 4) is 11.5 Å². The molecule has 0 saturated carbocycles. The zero-order valence-electron chi connectivity index (χ0n) is 14.9. The summed E-state index contributed by atoms with van der Waals surface area (Å²) in [5.74, 6) is 2.36. The van der Waals surface area contributed by atoms with E-state index in [1.54, 1.807) is 13.3 Å². The second-order valence-electron chi connectivity index (χ2n) is 7.30. The van der Waals surface area contributed by atoms with Crippen LogP contribution < -0.4 is 14.4 Å². The molecule has 0 radical (unpaired) electrons. The number of ether oxygens (including phenoxy) is 2. The third-order valence-corrected chi connectivity index (χ3v) is 6.07. The van der Waals surface area contributed by atoms with E-state index in [-0.39, 0.29) is 16.8 Å². The Morgan fingerprint density at radius 3 is 3.07 bits per heavy atom. The minimum absolute atomic E-state index is 0.100. The van der Waals surface area contributed by atoms with Crippen LogP contribution in [0.3, 0.4) is 0 Å². The number of hydrogen-bond donors (Lipinski definition) is 1. The van der Waals surface area contributed by atoms with Crippen LogP contribution in [0.15, 0.2) is 36.5 Å². The fraction of sp³-hybridized carbons (Fsp3) is 0.400. The van der Waals surface area contributed by atoms with Crippen LogP contribution in [0.4, 0.5) is 5.82 Å². The van der Waals surface area contributed by atoms with Gasteiger partial charge in [-0.2, -0.15) is 0 Å². The van der Waals surface area contributed by atoms with Crippen LogP contribution in [0, 0.1) is 0 Å². The fourth-order valence-electron chi connectivity index (χ4n) is 4.63. The maximum atomic E-state index is 10.1. The van der Waals surface area contributed by atoms with Gasteiger partial charge < -0.3 is 19.5 Å². The zero-order chi connectivity index (χ0) is 18.6. The molecule has 2 aliphatic heterocycles. The molecule has 0 bridgehead atoms. The highest BCUT2D eigenvalue weighted by Crippen LogP contribution is 2.55. The van der Waals surface area contributed by atoms with Gasteiger partial charge in [0.15, 0.2) is 11.5 Å². The highest BCUT2D eigenvalue weighted by atomic mass is 35.5. The molecule has 2 aromatic rings. The van der Waals surface area contributed by atoms with Crippen molar-refractivity contribution in [2.75, 3.05) is 18.6 Å². The first kappa shape index (κ1) is 16.8. The molecule has 1 spiro atoms. The summed E-state index contributed by atoms with van der Waals surface area (Å²) in [5.41, 5.74) is 2.10. The first-order valence-electron chi connectivity index (χ1n) is 9.08. The van der Waals surface area contributed by atoms with Crippen LogP contribution in [0.25, 0.3) is 0 Å². The second-order valence-corrected chi connectivity index (χ2v) is 7.63. The highest BCUT2D eigenvalue weighted by molar-refractivity contribution is 6.28. The van der Waals surface area contributed by atoms with E-state index >= 15 is 0 Å². The van der Waals surface area contributed by atoms with Gasteiger partial charge in [0, 0.05) is 31.3 Å². The minimum atomic E-state index is -0.482. The number of halogens is 1. The van der Waals surface area contributed by atoms with Gasteiger partial charge in [-0.25, -0.2) is 9.97 Å². The monoisotopic (exact) mass is 385 g/mol. The Morgan fingerprint density at radius 1 is 1.37 bits per heavy atom. The summed E-state index contributed by atoms with van der Waals surface area (Å²) in [6, 6.07) is 5.94. The highest BCUT2D eigenvalue weighted by Gasteiger charge is 2.52. The van der Waals surface area contributed by atoms with Crippen LogP contribution in [0.5, 0.6) is 11.5 Å². The molecule has 7 heteroatoms. The third-order valence-electron chi connectivity index (χ3n) is 5.89. The van der Waals surface area contributed by atoms with Crippen molar-refractivity contribution in [1.29, 1.82) is 0 Å². The Morgan fingerprint density at radius 2 is 2.26 bits per heavy atom. The van der Waals surface area contributed by atoms with Gasteiger partial charge in [-0.3, -0.25) is 0 Å². The van der Waals surface area contributed by atoms with E-state index in [0.29, 0.717) is 13.0 Å². The number of aliphatic hydroxyl groups excluding tert-OH is 1. The summed E-state index contributed by atoms with van der Waals surface area (Å²) in [6.07, 6.45) is 6.57. The largest absolute Gasteiger partial charge is 0.493 e. The topological polar surface area (TPSA) is 67.7 Å². The first-order valence-corrected chi connectivity index (χ1v) is 9.46. The normalized spacial score (nSPS) is 28.2. The lowest BCUT2D eigenvalue weighted by Gasteiger charge is -2.35. The van der Waals surface area contributed by atoms with E-state index in [4.69, 9.17) is 21.1 Å². The van der Waals surface area contributed by atoms with Crippen molar-refractivity contribution in [2.24, 2.45) is 0 Å². The summed E-state index contributed by atoms with van der Waals surface area (Å²) in [5, 5.41) is 10.4. The summed E-state index contributed by atoms with van der Waals surface area (Å²) in [6.45, 7) is 1.50. The van der Waals surface area contributed by atoms with Crippen LogP contribution in [-0.4, -0.2) is 40.9 Å². The molecular weight excluding hydrogens is 366 g/mol. The Labute approximate surface area is 162 Å². The Balaban J connectivity index is 1.65. The Hall–Kier alpha value is -2.31. The molecule has 0 unspecified atom stereocenters. The number of anilines is 1. The molecule has 1 aromatic carbocycles. The lowest BCUT2D eigenvalue weighted by Crippen LogP contribution is -2.43. The number of aliphatic hydroxyl groups is 1. The van der Waals surface area contributed by atoms with Gasteiger partial charge in [-0.15, -0.1) is 0 Å². The third kappa shape index (κ3) is 2.51. The standard InChI is InChI=1S/C20H20ClN3O3/c1-26-14-3-2-12-11-24(16-5-8-22-19(21)23-16)9-7-20-6-4-13(25)10-15(20)27-18(14)17(12)20/h2-6,8,13,15,25H,7,9-11H2,1H3/t13-,15-,20-/m0/s1. The fourth-order valence-corrected chi connectivity index (χ4v) is 4.78. The molecule has 6 nitrogen and oxygen atoms in total. The van der Waals surface area contributed by atoms with Gasteiger partial charge >= 0.3 is 0 Å². The van der Waals surface area contributed by atoms with Gasteiger partial charge in [-0.05, 0) is 35.7 Å². The van der Waals surface area contributed by atoms with Gasteiger partial charge in [0.1, 0.15) is 11.9 Å². The summed E-state index contributed by atoms with van der Waals surface area (Å²) >= 11 is 6.01. The SMILES string of the molecule is COc1ccc2c3c1O[C@H]1C[C@@H](O)C=C[C@@]31CCN(c1ccnc(Cl)n1)C2. The first-order chi connectivity index (χ1) is 13.1. The van der Waals surface area contributed by atoms with Crippen LogP contribution in [-0.2, 0) is 12.0 Å². The number of rotatable bonds is 2. The van der Waals surface area contributed by atoms with E-state index < -0.39 is 6.10 Å². The van der Waals surface area contributed by atoms with Crippen LogP contribution in [0.2, 0.25) is 5.28 Å². The van der Waals surface area contributed by atoms with Crippen molar-refractivity contribution < 1.29 is 14.6 Å². The van der Waals surface area contributed by atoms with E-state index in [9.17, 15) is 5.11 Å². The molecule has 27 heavy (non-hydrogen) atoms. The molecule has 3 atom stereocenters. The van der Waals surface area contributed by atoms with E-state index in [1.165, 1.54) is 11.1 Å². The van der Waals surface area contributed by atoms with Gasteiger partial charge in [0.05, 0.1) is 18.6 Å². The Kier molecular flexibility index (Phi) is 3.81. The molecule has 0 saturated heterocycles. The van der Waals surface area contributed by atoms with Crippen molar-refractivity contribution in [2.45, 2.75) is 37.0 Å². The predicted octanol–water partition coefficient (Wildman–Crippen LogP) is 2.87. The lowest BCUT2D eigenvalue weighted by molar-refractivity contribution is 0.0856. The molecule has 1 aliphatic carbocycles. The molecule has 3 aliphatic rings. The molecule has 140 valence electrons. The van der Waals surface area contributed by atoms with E-state index in [1.807, 2.05) is 18.2 Å². The molecule has 3 heterocycles. The van der Waals surface area contributed by atoms with Crippen molar-refractivity contribution in [3.05, 3.63) is 53.0 Å². The molecule has 5 rings (SSSR count). The quantitative estimate of drug-likeness (QED) is 0.633. The molecular formula is C20H20ClN3O3. The second kappa shape index (κ2) is 6.11. The smallest absolute Gasteiger partial charge is 0.224 e. The van der Waals surface area contributed by atoms with E-state index in [0.717, 1.165) is 30.3 Å². The van der Waals surface area contributed by atoms with Crippen LogP contribution >= 0.6 is 11.6 Å². The number of aromatic nitrogens is 2. The van der Waals surface area contributed by atoms with Crippen molar-refractivity contribution in [3.63, 3.8) is 0 Å². The average molecular weight is 386 g/mol. The van der Waals surface area contributed by atoms with E-state index in [2.05, 4.69) is 27.0 Å². The maximum absolute atomic E-state index is 10.1. The molecule has 0 amide bonds. The Bertz CT molecular complexity index is 935. The van der Waals surface area contributed by atoms with Gasteiger partial charge in [-0.1, -0.05) is 18.2 Å². The molecule has 1 N–H and O–H groups in total. The summed E-state index contributed by atoms with van der Waals surface area (Å²) in [4.78, 5) is 10.6. The summed E-state index contributed by atoms with van der Waals surface area (Å²) in [7, 11) is 1.66. The maximum Gasteiger partial charge on any atom is 0.224 e. The number of hydrogen-bond acceptors (Lipinski definition) is 6. The number of nitrogens with zero attached hydrogens (tertiary/aromatic N) is 3. The number of benzene rings is 1. The zero-order valence-corrected chi connectivity index (χ0v) is 15.7. The van der Waals surface area contributed by atoms with Crippen molar-refractivity contribution >= 4 is 17.4 Å². The van der Waals surface area contributed by atoms with Crippen molar-refractivity contribution in [1.82, 2.24) is 9.97 Å².